The summed E-state index contributed by atoms with van der Waals surface area (Å²) in [5.74, 6) is 0.676. The molecule has 0 bridgehead atoms. The summed E-state index contributed by atoms with van der Waals surface area (Å²) in [6.07, 6.45) is 0. The number of nitrogens with one attached hydrogen (secondary N) is 4. The third kappa shape index (κ3) is 5.81. The van der Waals surface area contributed by atoms with Crippen LogP contribution < -0.4 is 25.2 Å². The molecule has 160 valence electrons. The van der Waals surface area contributed by atoms with Gasteiger partial charge >= 0.3 is 0 Å². The molecule has 1 saturated heterocycles. The molecule has 0 aliphatic carbocycles. The zero-order valence-electron chi connectivity index (χ0n) is 18.0. The first-order chi connectivity index (χ1) is 14.5. The molecule has 0 aromatic heterocycles. The lowest BCUT2D eigenvalue weighted by molar-refractivity contribution is -1.00. The summed E-state index contributed by atoms with van der Waals surface area (Å²) in [4.78, 5) is 27.4. The molecule has 1 heterocycles. The molecule has 1 fully saturated rings. The maximum atomic E-state index is 12.5. The van der Waals surface area contributed by atoms with Crippen LogP contribution in [0.2, 0.25) is 0 Å². The second kappa shape index (κ2) is 10.2. The minimum absolute atomic E-state index is 0.0225. The van der Waals surface area contributed by atoms with Gasteiger partial charge in [-0.25, -0.2) is 0 Å². The van der Waals surface area contributed by atoms with Gasteiger partial charge in [0.1, 0.15) is 31.9 Å². The first-order valence-corrected chi connectivity index (χ1v) is 10.4. The van der Waals surface area contributed by atoms with Crippen molar-refractivity contribution < 1.29 is 24.1 Å². The highest BCUT2D eigenvalue weighted by Crippen LogP contribution is 2.22. The van der Waals surface area contributed by atoms with Gasteiger partial charge in [0.2, 0.25) is 0 Å². The van der Waals surface area contributed by atoms with E-state index in [2.05, 4.69) is 10.6 Å². The molecule has 2 aromatic rings. The van der Waals surface area contributed by atoms with E-state index in [1.54, 1.807) is 7.11 Å². The molecule has 1 aliphatic rings. The van der Waals surface area contributed by atoms with Crippen LogP contribution in [0.5, 0.6) is 5.75 Å². The monoisotopic (exact) mass is 412 g/mol. The Balaban J connectivity index is 1.43. The number of carbonyl (C=O) groups excluding carboxylic acids is 2. The number of hydrogen-bond acceptors (Lipinski definition) is 3. The fourth-order valence-corrected chi connectivity index (χ4v) is 3.90. The molecule has 4 N–H and O–H groups in total. The smallest absolute Gasteiger partial charge is 0.279 e. The molecule has 0 atom stereocenters. The number of para-hydroxylation sites is 3. The van der Waals surface area contributed by atoms with Crippen LogP contribution in [0.3, 0.4) is 0 Å². The molecule has 0 unspecified atom stereocenters. The van der Waals surface area contributed by atoms with Gasteiger partial charge in [-0.3, -0.25) is 9.59 Å². The van der Waals surface area contributed by atoms with Crippen LogP contribution in [0.1, 0.15) is 11.1 Å². The summed E-state index contributed by atoms with van der Waals surface area (Å²) < 4.78 is 5.28. The zero-order valence-corrected chi connectivity index (χ0v) is 18.0. The lowest BCUT2D eigenvalue weighted by atomic mass is 10.1. The number of hydrogen-bond donors (Lipinski definition) is 4. The van der Waals surface area contributed by atoms with Crippen LogP contribution in [-0.4, -0.2) is 58.2 Å². The van der Waals surface area contributed by atoms with Crippen LogP contribution in [0.4, 0.5) is 11.4 Å². The molecule has 30 heavy (non-hydrogen) atoms. The third-order valence-corrected chi connectivity index (χ3v) is 5.61. The van der Waals surface area contributed by atoms with Gasteiger partial charge in [-0.05, 0) is 37.1 Å². The summed E-state index contributed by atoms with van der Waals surface area (Å²) >= 11 is 0. The van der Waals surface area contributed by atoms with Crippen LogP contribution in [-0.2, 0) is 9.59 Å². The summed E-state index contributed by atoms with van der Waals surface area (Å²) in [7, 11) is 1.59. The van der Waals surface area contributed by atoms with Gasteiger partial charge in [-0.2, -0.15) is 0 Å². The number of carbonyl (C=O) groups is 2. The second-order valence-corrected chi connectivity index (χ2v) is 7.92. The molecule has 1 aliphatic heterocycles. The van der Waals surface area contributed by atoms with Crippen LogP contribution in [0.15, 0.2) is 42.5 Å². The lowest BCUT2D eigenvalue weighted by Crippen LogP contribution is -3.28. The van der Waals surface area contributed by atoms with E-state index in [0.717, 1.165) is 43.0 Å². The van der Waals surface area contributed by atoms with Gasteiger partial charge in [0.25, 0.3) is 11.8 Å². The molecule has 2 aromatic carbocycles. The number of aryl methyl sites for hydroxylation is 2. The highest BCUT2D eigenvalue weighted by molar-refractivity contribution is 5.93. The van der Waals surface area contributed by atoms with E-state index in [-0.39, 0.29) is 11.8 Å². The number of rotatable bonds is 7. The van der Waals surface area contributed by atoms with Crippen molar-refractivity contribution in [3.05, 3.63) is 53.6 Å². The molecule has 3 rings (SSSR count). The minimum atomic E-state index is -0.0225. The van der Waals surface area contributed by atoms with Crippen LogP contribution >= 0.6 is 0 Å². The van der Waals surface area contributed by atoms with E-state index in [4.69, 9.17) is 4.74 Å². The predicted octanol–water partition coefficient (Wildman–Crippen LogP) is -0.327. The quantitative estimate of drug-likeness (QED) is 0.503. The van der Waals surface area contributed by atoms with Crippen molar-refractivity contribution in [1.82, 2.24) is 0 Å². The van der Waals surface area contributed by atoms with Gasteiger partial charge in [-0.1, -0.05) is 30.3 Å². The summed E-state index contributed by atoms with van der Waals surface area (Å²) in [5.41, 5.74) is 3.76. The Morgan fingerprint density at radius 1 is 0.833 bits per heavy atom. The first kappa shape index (κ1) is 21.8. The predicted molar refractivity (Wildman–Crippen MR) is 117 cm³/mol. The van der Waals surface area contributed by atoms with Crippen molar-refractivity contribution >= 4 is 23.2 Å². The average molecular weight is 413 g/mol. The number of quaternary nitrogens is 2. The molecule has 0 radical (unpaired) electrons. The minimum Gasteiger partial charge on any atom is -0.495 e. The molecule has 7 heteroatoms. The summed E-state index contributed by atoms with van der Waals surface area (Å²) in [6, 6.07) is 13.4. The number of ether oxygens (including phenoxy) is 1. The van der Waals surface area contributed by atoms with Gasteiger partial charge in [0.05, 0.1) is 12.8 Å². The Morgan fingerprint density at radius 2 is 1.37 bits per heavy atom. The fraction of sp³-hybridized carbons (Fsp3) is 0.391. The highest BCUT2D eigenvalue weighted by atomic mass is 16.5. The SMILES string of the molecule is COc1ccccc1NC(=O)C[NH+]1CC[NH+](CC(=O)Nc2c(C)cccc2C)CC1. The van der Waals surface area contributed by atoms with Crippen molar-refractivity contribution in [3.63, 3.8) is 0 Å². The molecule has 0 spiro atoms. The van der Waals surface area contributed by atoms with Crippen molar-refractivity contribution in [2.45, 2.75) is 13.8 Å². The molecular formula is C23H32N4O3+2. The highest BCUT2D eigenvalue weighted by Gasteiger charge is 2.26. The van der Waals surface area contributed by atoms with Crippen molar-refractivity contribution in [3.8, 4) is 5.75 Å². The van der Waals surface area contributed by atoms with Crippen LogP contribution in [0.25, 0.3) is 0 Å². The van der Waals surface area contributed by atoms with E-state index >= 15 is 0 Å². The van der Waals surface area contributed by atoms with Gasteiger partial charge < -0.3 is 25.2 Å². The van der Waals surface area contributed by atoms with E-state index in [1.165, 1.54) is 9.80 Å². The number of benzene rings is 2. The second-order valence-electron chi connectivity index (χ2n) is 7.92. The zero-order chi connectivity index (χ0) is 21.5. The van der Waals surface area contributed by atoms with Crippen molar-refractivity contribution in [1.29, 1.82) is 0 Å². The van der Waals surface area contributed by atoms with E-state index < -0.39 is 0 Å². The Kier molecular flexibility index (Phi) is 7.43. The van der Waals surface area contributed by atoms with Crippen molar-refractivity contribution in [2.75, 3.05) is 57.0 Å². The van der Waals surface area contributed by atoms with E-state index in [1.807, 2.05) is 56.3 Å². The standard InChI is InChI=1S/C23H30N4O3/c1-17-7-6-8-18(2)23(17)25-22(29)16-27-13-11-26(12-14-27)15-21(28)24-19-9-4-5-10-20(19)30-3/h4-10H,11-16H2,1-3H3,(H,24,28)(H,25,29)/p+2. The Labute approximate surface area is 178 Å². The topological polar surface area (TPSA) is 76.3 Å². The molecular weight excluding hydrogens is 380 g/mol. The largest absolute Gasteiger partial charge is 0.495 e. The lowest BCUT2D eigenvalue weighted by Gasteiger charge is -2.29. The third-order valence-electron chi connectivity index (χ3n) is 5.61. The van der Waals surface area contributed by atoms with E-state index in [0.29, 0.717) is 24.5 Å². The normalized spacial score (nSPS) is 18.5. The maximum Gasteiger partial charge on any atom is 0.279 e. The number of anilines is 2. The van der Waals surface area contributed by atoms with Crippen molar-refractivity contribution in [2.24, 2.45) is 0 Å². The van der Waals surface area contributed by atoms with Gasteiger partial charge in [0.15, 0.2) is 13.1 Å². The molecule has 2 amide bonds. The Bertz CT molecular complexity index is 872. The first-order valence-electron chi connectivity index (χ1n) is 10.4. The summed E-state index contributed by atoms with van der Waals surface area (Å²) in [6.45, 7) is 8.36. The molecule has 7 nitrogen and oxygen atoms in total. The van der Waals surface area contributed by atoms with E-state index in [9.17, 15) is 9.59 Å². The molecule has 0 saturated carbocycles. The fourth-order valence-electron chi connectivity index (χ4n) is 3.90. The van der Waals surface area contributed by atoms with Gasteiger partial charge in [-0.15, -0.1) is 0 Å². The number of methoxy groups -OCH3 is 1. The average Bonchev–Trinajstić information content (AvgIpc) is 2.72. The number of piperazine rings is 1. The summed E-state index contributed by atoms with van der Waals surface area (Å²) in [5, 5.41) is 6.00. The Hall–Kier alpha value is -2.90. The maximum absolute atomic E-state index is 12.5. The van der Waals surface area contributed by atoms with Crippen LogP contribution in [0, 0.1) is 13.8 Å². The Morgan fingerprint density at radius 3 is 1.93 bits per heavy atom. The number of amides is 2. The van der Waals surface area contributed by atoms with Gasteiger partial charge in [0, 0.05) is 5.69 Å².